The number of sulfone groups is 1. The van der Waals surface area contributed by atoms with E-state index in [1.807, 2.05) is 0 Å². The van der Waals surface area contributed by atoms with E-state index in [-0.39, 0.29) is 23.5 Å². The Bertz CT molecular complexity index is 299. The van der Waals surface area contributed by atoms with E-state index in [0.29, 0.717) is 25.8 Å². The van der Waals surface area contributed by atoms with E-state index < -0.39 is 9.84 Å². The van der Waals surface area contributed by atoms with Crippen molar-refractivity contribution in [2.24, 2.45) is 0 Å². The first kappa shape index (κ1) is 12.4. The molecule has 0 radical (unpaired) electrons. The lowest BCUT2D eigenvalue weighted by molar-refractivity contribution is -0.121. The predicted octanol–water partition coefficient (Wildman–Crippen LogP) is -0.711. The molecule has 0 aromatic rings. The van der Waals surface area contributed by atoms with Gasteiger partial charge in [0.15, 0.2) is 0 Å². The quantitative estimate of drug-likeness (QED) is 0.674. The molecule has 15 heavy (non-hydrogen) atoms. The van der Waals surface area contributed by atoms with E-state index in [2.05, 4.69) is 10.6 Å². The molecule has 2 N–H and O–H groups in total. The smallest absolute Gasteiger partial charge is 0.221 e. The van der Waals surface area contributed by atoms with Crippen LogP contribution in [0.3, 0.4) is 0 Å². The number of hydrogen-bond acceptors (Lipinski definition) is 4. The number of carbonyl (C=O) groups excluding carboxylic acids is 1. The van der Waals surface area contributed by atoms with E-state index in [0.717, 1.165) is 0 Å². The Hall–Kier alpha value is -0.620. The molecule has 1 amide bonds. The topological polar surface area (TPSA) is 75.3 Å². The fourth-order valence-corrected chi connectivity index (χ4v) is 3.06. The predicted molar refractivity (Wildman–Crippen MR) is 58.4 cm³/mol. The lowest BCUT2D eigenvalue weighted by Gasteiger charge is -2.22. The highest BCUT2D eigenvalue weighted by molar-refractivity contribution is 7.91. The summed E-state index contributed by atoms with van der Waals surface area (Å²) in [6.45, 7) is 0.650. The highest BCUT2D eigenvalue weighted by Crippen LogP contribution is 2.11. The maximum atomic E-state index is 11.3. The Morgan fingerprint density at radius 2 is 1.93 bits per heavy atom. The third kappa shape index (κ3) is 4.61. The molecule has 88 valence electrons. The van der Waals surface area contributed by atoms with Gasteiger partial charge in [0, 0.05) is 19.0 Å². The molecule has 0 atom stereocenters. The van der Waals surface area contributed by atoms with Crippen molar-refractivity contribution in [3.8, 4) is 0 Å². The van der Waals surface area contributed by atoms with Crippen molar-refractivity contribution in [2.45, 2.75) is 25.3 Å². The van der Waals surface area contributed by atoms with E-state index >= 15 is 0 Å². The van der Waals surface area contributed by atoms with Gasteiger partial charge in [-0.05, 0) is 19.9 Å². The molecule has 0 aromatic carbocycles. The Morgan fingerprint density at radius 3 is 2.47 bits per heavy atom. The minimum absolute atomic E-state index is 0.00588. The van der Waals surface area contributed by atoms with Crippen LogP contribution in [0.15, 0.2) is 0 Å². The van der Waals surface area contributed by atoms with Crippen molar-refractivity contribution in [2.75, 3.05) is 25.1 Å². The zero-order valence-electron chi connectivity index (χ0n) is 8.95. The van der Waals surface area contributed by atoms with Crippen LogP contribution in [-0.4, -0.2) is 45.5 Å². The minimum atomic E-state index is -2.83. The highest BCUT2D eigenvalue weighted by Gasteiger charge is 2.24. The average Bonchev–Trinajstić information content (AvgIpc) is 2.18. The van der Waals surface area contributed by atoms with Crippen LogP contribution in [0.5, 0.6) is 0 Å². The second-order valence-corrected chi connectivity index (χ2v) is 6.15. The first-order valence-corrected chi connectivity index (χ1v) is 7.00. The van der Waals surface area contributed by atoms with Gasteiger partial charge in [-0.1, -0.05) is 0 Å². The lowest BCUT2D eigenvalue weighted by Crippen LogP contribution is -2.41. The second kappa shape index (κ2) is 5.46. The zero-order valence-corrected chi connectivity index (χ0v) is 9.77. The SMILES string of the molecule is CNCCC(=O)NC1CCS(=O)(=O)CC1. The second-order valence-electron chi connectivity index (χ2n) is 3.85. The van der Waals surface area contributed by atoms with Gasteiger partial charge >= 0.3 is 0 Å². The normalized spacial score (nSPS) is 21.1. The summed E-state index contributed by atoms with van der Waals surface area (Å²) in [5.41, 5.74) is 0. The molecule has 6 heteroatoms. The molecule has 5 nitrogen and oxygen atoms in total. The van der Waals surface area contributed by atoms with Gasteiger partial charge in [-0.25, -0.2) is 8.42 Å². The largest absolute Gasteiger partial charge is 0.353 e. The maximum Gasteiger partial charge on any atom is 0.221 e. The molecule has 0 spiro atoms. The van der Waals surface area contributed by atoms with E-state index in [4.69, 9.17) is 0 Å². The molecular formula is C9H18N2O3S. The summed E-state index contributed by atoms with van der Waals surface area (Å²) in [7, 11) is -1.04. The number of carbonyl (C=O) groups is 1. The van der Waals surface area contributed by atoms with Crippen LogP contribution in [0, 0.1) is 0 Å². The van der Waals surface area contributed by atoms with Gasteiger partial charge in [-0.3, -0.25) is 4.79 Å². The number of rotatable bonds is 4. The highest BCUT2D eigenvalue weighted by atomic mass is 32.2. The van der Waals surface area contributed by atoms with Crippen LogP contribution in [0.4, 0.5) is 0 Å². The Labute approximate surface area is 90.5 Å². The summed E-state index contributed by atoms with van der Waals surface area (Å²) in [5.74, 6) is 0.391. The molecule has 1 rings (SSSR count). The first-order valence-electron chi connectivity index (χ1n) is 5.18. The standard InChI is InChI=1S/C9H18N2O3S/c1-10-5-2-9(12)11-8-3-6-15(13,14)7-4-8/h8,10H,2-7H2,1H3,(H,11,12). The van der Waals surface area contributed by atoms with Gasteiger partial charge < -0.3 is 10.6 Å². The van der Waals surface area contributed by atoms with Crippen LogP contribution in [0.2, 0.25) is 0 Å². The van der Waals surface area contributed by atoms with Crippen molar-refractivity contribution in [3.05, 3.63) is 0 Å². The molecule has 1 aliphatic rings. The van der Waals surface area contributed by atoms with Crippen molar-refractivity contribution in [1.82, 2.24) is 10.6 Å². The van der Waals surface area contributed by atoms with Gasteiger partial charge in [0.1, 0.15) is 9.84 Å². The number of amides is 1. The summed E-state index contributed by atoms with van der Waals surface area (Å²) in [5, 5.41) is 5.74. The van der Waals surface area contributed by atoms with Crippen molar-refractivity contribution >= 4 is 15.7 Å². The molecule has 0 unspecified atom stereocenters. The Balaban J connectivity index is 2.26. The van der Waals surface area contributed by atoms with Gasteiger partial charge in [-0.2, -0.15) is 0 Å². The molecule has 0 aliphatic carbocycles. The molecule has 0 bridgehead atoms. The summed E-state index contributed by atoms with van der Waals surface area (Å²) in [6.07, 6.45) is 1.54. The molecule has 1 saturated heterocycles. The minimum Gasteiger partial charge on any atom is -0.353 e. The van der Waals surface area contributed by atoms with E-state index in [9.17, 15) is 13.2 Å². The molecule has 1 heterocycles. The van der Waals surface area contributed by atoms with Gasteiger partial charge in [0.25, 0.3) is 0 Å². The summed E-state index contributed by atoms with van der Waals surface area (Å²) < 4.78 is 22.3. The van der Waals surface area contributed by atoms with E-state index in [1.165, 1.54) is 0 Å². The third-order valence-corrected chi connectivity index (χ3v) is 4.24. The van der Waals surface area contributed by atoms with Crippen molar-refractivity contribution in [3.63, 3.8) is 0 Å². The summed E-state index contributed by atoms with van der Waals surface area (Å²) in [4.78, 5) is 11.3. The molecule has 0 aromatic heterocycles. The number of nitrogens with one attached hydrogen (secondary N) is 2. The Morgan fingerprint density at radius 1 is 1.33 bits per heavy atom. The van der Waals surface area contributed by atoms with Crippen LogP contribution >= 0.6 is 0 Å². The molecule has 0 saturated carbocycles. The summed E-state index contributed by atoms with van der Waals surface area (Å²) >= 11 is 0. The fraction of sp³-hybridized carbons (Fsp3) is 0.889. The van der Waals surface area contributed by atoms with E-state index in [1.54, 1.807) is 7.05 Å². The van der Waals surface area contributed by atoms with Crippen LogP contribution in [0.1, 0.15) is 19.3 Å². The lowest BCUT2D eigenvalue weighted by atomic mass is 10.1. The van der Waals surface area contributed by atoms with Gasteiger partial charge in [0.2, 0.25) is 5.91 Å². The van der Waals surface area contributed by atoms with Crippen molar-refractivity contribution in [1.29, 1.82) is 0 Å². The molecule has 1 fully saturated rings. The zero-order chi connectivity index (χ0) is 11.3. The van der Waals surface area contributed by atoms with Gasteiger partial charge in [-0.15, -0.1) is 0 Å². The molecular weight excluding hydrogens is 216 g/mol. The average molecular weight is 234 g/mol. The van der Waals surface area contributed by atoms with Crippen LogP contribution < -0.4 is 10.6 Å². The van der Waals surface area contributed by atoms with Crippen molar-refractivity contribution < 1.29 is 13.2 Å². The third-order valence-electron chi connectivity index (χ3n) is 2.52. The van der Waals surface area contributed by atoms with Crippen LogP contribution in [-0.2, 0) is 14.6 Å². The van der Waals surface area contributed by atoms with Crippen LogP contribution in [0.25, 0.3) is 0 Å². The summed E-state index contributed by atoms with van der Waals surface area (Å²) in [6, 6.07) is 0.0397. The monoisotopic (exact) mass is 234 g/mol. The van der Waals surface area contributed by atoms with Gasteiger partial charge in [0.05, 0.1) is 11.5 Å². The first-order chi connectivity index (χ1) is 7.03. The maximum absolute atomic E-state index is 11.3. The Kier molecular flexibility index (Phi) is 4.53. The number of hydrogen-bond donors (Lipinski definition) is 2. The fourth-order valence-electron chi connectivity index (χ4n) is 1.57. The molecule has 1 aliphatic heterocycles.